The quantitative estimate of drug-likeness (QED) is 0.195. The molecule has 0 aliphatic carbocycles. The maximum atomic E-state index is 13.2. The Bertz CT molecular complexity index is 1840. The van der Waals surface area contributed by atoms with E-state index in [9.17, 15) is 19.2 Å². The first-order valence-corrected chi connectivity index (χ1v) is 13.6. The predicted molar refractivity (Wildman–Crippen MR) is 158 cm³/mol. The molecule has 214 valence electrons. The minimum Gasteiger partial charge on any atom is -0.481 e. The molecule has 2 aromatic heterocycles. The molecule has 0 fully saturated rings. The number of aliphatic carboxylic acids is 1. The number of halogens is 1. The third-order valence-electron chi connectivity index (χ3n) is 7.05. The van der Waals surface area contributed by atoms with Gasteiger partial charge in [-0.25, -0.2) is 4.79 Å². The van der Waals surface area contributed by atoms with E-state index in [0.717, 1.165) is 22.1 Å². The van der Waals surface area contributed by atoms with Crippen LogP contribution in [0.1, 0.15) is 23.1 Å². The third-order valence-corrected chi connectivity index (χ3v) is 7.30. The Kier molecular flexibility index (Phi) is 8.40. The predicted octanol–water partition coefficient (Wildman–Crippen LogP) is 5.03. The number of fused-ring (bicyclic) bond motifs is 2. The number of furan rings is 1. The van der Waals surface area contributed by atoms with Gasteiger partial charge >= 0.3 is 11.6 Å². The molecule has 0 unspecified atom stereocenters. The normalized spacial score (nSPS) is 11.9. The van der Waals surface area contributed by atoms with Crippen LogP contribution in [0.5, 0.6) is 0 Å². The van der Waals surface area contributed by atoms with Crippen molar-refractivity contribution in [1.82, 2.24) is 10.6 Å². The lowest BCUT2D eigenvalue weighted by Crippen LogP contribution is -2.49. The first kappa shape index (κ1) is 28.6. The lowest BCUT2D eigenvalue weighted by molar-refractivity contribution is -0.137. The summed E-state index contributed by atoms with van der Waals surface area (Å²) in [6, 6.07) is 19.1. The molecule has 2 heterocycles. The van der Waals surface area contributed by atoms with Crippen molar-refractivity contribution in [3.05, 3.63) is 105 Å². The fourth-order valence-electron chi connectivity index (χ4n) is 4.84. The van der Waals surface area contributed by atoms with Crippen LogP contribution in [0.15, 0.2) is 86.6 Å². The molecule has 0 saturated carbocycles. The van der Waals surface area contributed by atoms with Gasteiger partial charge < -0.3 is 24.6 Å². The number of carbonyl (C=O) groups excluding carboxylic acids is 2. The van der Waals surface area contributed by atoms with Crippen molar-refractivity contribution in [1.29, 1.82) is 0 Å². The molecule has 0 bridgehead atoms. The van der Waals surface area contributed by atoms with E-state index < -0.39 is 29.5 Å². The van der Waals surface area contributed by atoms with Crippen molar-refractivity contribution < 1.29 is 28.3 Å². The standard InChI is InChI=1S/C32H27ClN2O7/c1-18-22-14-24-25(20-5-3-2-4-6-20)17-41-27(24)16-28(22)42-32(40)23(18)15-29(36)35-26(31(39)34-12-11-30(37)38)13-19-7-9-21(33)10-8-19/h2-10,14,16-17,26H,11-13,15H2,1H3,(H,34,39)(H,35,36)(H,37,38)/t26-/m1/s1. The van der Waals surface area contributed by atoms with Gasteiger partial charge in [-0.3, -0.25) is 14.4 Å². The Morgan fingerprint density at radius 2 is 1.71 bits per heavy atom. The van der Waals surface area contributed by atoms with Crippen LogP contribution in [-0.2, 0) is 27.2 Å². The van der Waals surface area contributed by atoms with Crippen LogP contribution in [0.2, 0.25) is 5.02 Å². The van der Waals surface area contributed by atoms with E-state index in [1.165, 1.54) is 0 Å². The van der Waals surface area contributed by atoms with E-state index in [2.05, 4.69) is 10.6 Å². The summed E-state index contributed by atoms with van der Waals surface area (Å²) in [7, 11) is 0. The van der Waals surface area contributed by atoms with Gasteiger partial charge in [0.25, 0.3) is 0 Å². The molecule has 42 heavy (non-hydrogen) atoms. The SMILES string of the molecule is Cc1c(CC(=O)N[C@H](Cc2ccc(Cl)cc2)C(=O)NCCC(=O)O)c(=O)oc2cc3occ(-c4ccccc4)c3cc12. The van der Waals surface area contributed by atoms with Gasteiger partial charge in [-0.2, -0.15) is 0 Å². The Morgan fingerprint density at radius 3 is 2.43 bits per heavy atom. The zero-order chi connectivity index (χ0) is 29.8. The minimum absolute atomic E-state index is 0.0953. The molecule has 5 rings (SSSR count). The topological polar surface area (TPSA) is 139 Å². The molecular formula is C32H27ClN2O7. The van der Waals surface area contributed by atoms with E-state index in [1.807, 2.05) is 36.4 Å². The number of carbonyl (C=O) groups is 3. The Labute approximate surface area is 245 Å². The van der Waals surface area contributed by atoms with Crippen molar-refractivity contribution in [3.8, 4) is 11.1 Å². The Balaban J connectivity index is 1.41. The molecule has 1 atom stereocenters. The Morgan fingerprint density at radius 1 is 0.976 bits per heavy atom. The number of nitrogens with one attached hydrogen (secondary N) is 2. The summed E-state index contributed by atoms with van der Waals surface area (Å²) in [4.78, 5) is 50.0. The molecule has 0 aliphatic rings. The summed E-state index contributed by atoms with van der Waals surface area (Å²) in [5.41, 5.74) is 3.58. The van der Waals surface area contributed by atoms with Gasteiger partial charge in [0, 0.05) is 40.4 Å². The highest BCUT2D eigenvalue weighted by Gasteiger charge is 2.24. The molecule has 0 saturated heterocycles. The van der Waals surface area contributed by atoms with Gasteiger partial charge in [0.05, 0.1) is 24.7 Å². The second-order valence-corrected chi connectivity index (χ2v) is 10.4. The molecule has 3 aromatic carbocycles. The first-order chi connectivity index (χ1) is 20.2. The summed E-state index contributed by atoms with van der Waals surface area (Å²) < 4.78 is 11.3. The average Bonchev–Trinajstić information content (AvgIpc) is 3.38. The smallest absolute Gasteiger partial charge is 0.340 e. The number of aryl methyl sites for hydroxylation is 1. The second-order valence-electron chi connectivity index (χ2n) is 9.92. The average molecular weight is 587 g/mol. The summed E-state index contributed by atoms with van der Waals surface area (Å²) in [6.07, 6.45) is 1.20. The molecule has 3 N–H and O–H groups in total. The van der Waals surface area contributed by atoms with E-state index in [1.54, 1.807) is 43.5 Å². The monoisotopic (exact) mass is 586 g/mol. The minimum atomic E-state index is -1.06. The van der Waals surface area contributed by atoms with Gasteiger partial charge in [-0.15, -0.1) is 0 Å². The molecule has 0 aliphatic heterocycles. The van der Waals surface area contributed by atoms with Gasteiger partial charge in [-0.1, -0.05) is 54.1 Å². The number of benzene rings is 3. The molecule has 5 aromatic rings. The Hall–Kier alpha value is -4.89. The molecular weight excluding hydrogens is 560 g/mol. The maximum Gasteiger partial charge on any atom is 0.340 e. The van der Waals surface area contributed by atoms with Crippen LogP contribution in [0.25, 0.3) is 33.1 Å². The van der Waals surface area contributed by atoms with Crippen molar-refractivity contribution in [2.45, 2.75) is 32.2 Å². The van der Waals surface area contributed by atoms with Gasteiger partial charge in [0.1, 0.15) is 17.2 Å². The number of carboxylic acid groups (broad SMARTS) is 1. The third kappa shape index (κ3) is 6.37. The van der Waals surface area contributed by atoms with Crippen molar-refractivity contribution in [2.75, 3.05) is 6.54 Å². The molecule has 0 spiro atoms. The number of amides is 2. The van der Waals surface area contributed by atoms with Crippen LogP contribution in [-0.4, -0.2) is 35.5 Å². The van der Waals surface area contributed by atoms with E-state index in [-0.39, 0.29) is 31.4 Å². The molecule has 2 amide bonds. The molecule has 10 heteroatoms. The number of carboxylic acids is 1. The number of hydrogen-bond donors (Lipinski definition) is 3. The molecule has 0 radical (unpaired) electrons. The summed E-state index contributed by atoms with van der Waals surface area (Å²) in [5.74, 6) is -2.17. The summed E-state index contributed by atoms with van der Waals surface area (Å²) in [6.45, 7) is 1.65. The van der Waals surface area contributed by atoms with Crippen LogP contribution >= 0.6 is 11.6 Å². The highest BCUT2D eigenvalue weighted by molar-refractivity contribution is 6.30. The fraction of sp³-hybridized carbons (Fsp3) is 0.188. The lowest BCUT2D eigenvalue weighted by atomic mass is 9.99. The van der Waals surface area contributed by atoms with Crippen molar-refractivity contribution in [2.24, 2.45) is 0 Å². The summed E-state index contributed by atoms with van der Waals surface area (Å²) >= 11 is 5.97. The van der Waals surface area contributed by atoms with E-state index in [4.69, 9.17) is 25.5 Å². The largest absolute Gasteiger partial charge is 0.481 e. The van der Waals surface area contributed by atoms with E-state index in [0.29, 0.717) is 27.1 Å². The van der Waals surface area contributed by atoms with Gasteiger partial charge in [0.15, 0.2) is 0 Å². The number of hydrogen-bond acceptors (Lipinski definition) is 6. The van der Waals surface area contributed by atoms with Crippen LogP contribution in [0.4, 0.5) is 0 Å². The molecule has 9 nitrogen and oxygen atoms in total. The highest BCUT2D eigenvalue weighted by Crippen LogP contribution is 2.34. The number of rotatable bonds is 10. The van der Waals surface area contributed by atoms with Crippen LogP contribution < -0.4 is 16.3 Å². The highest BCUT2D eigenvalue weighted by atomic mass is 35.5. The second kappa shape index (κ2) is 12.3. The first-order valence-electron chi connectivity index (χ1n) is 13.3. The maximum absolute atomic E-state index is 13.2. The lowest BCUT2D eigenvalue weighted by Gasteiger charge is -2.19. The zero-order valence-electron chi connectivity index (χ0n) is 22.6. The van der Waals surface area contributed by atoms with Crippen molar-refractivity contribution in [3.63, 3.8) is 0 Å². The zero-order valence-corrected chi connectivity index (χ0v) is 23.4. The van der Waals surface area contributed by atoms with Crippen molar-refractivity contribution >= 4 is 51.3 Å². The van der Waals surface area contributed by atoms with E-state index >= 15 is 0 Å². The summed E-state index contributed by atoms with van der Waals surface area (Å²) in [5, 5.41) is 16.2. The van der Waals surface area contributed by atoms with Gasteiger partial charge in [0.2, 0.25) is 11.8 Å². The van der Waals surface area contributed by atoms with Crippen LogP contribution in [0, 0.1) is 6.92 Å². The van der Waals surface area contributed by atoms with Gasteiger partial charge in [-0.05, 0) is 41.8 Å². The fourth-order valence-corrected chi connectivity index (χ4v) is 4.97. The van der Waals surface area contributed by atoms with Crippen LogP contribution in [0.3, 0.4) is 0 Å².